The van der Waals surface area contributed by atoms with E-state index in [1.807, 2.05) is 0 Å². The molecular formula is C11H16N4O3. The Hall–Kier alpha value is -1.92. The SMILES string of the molecule is CC(C(=O)N(CC(=O)O)CC1CC1)n1cncn1. The number of hydrogen-bond acceptors (Lipinski definition) is 4. The zero-order chi connectivity index (χ0) is 13.1. The first-order chi connectivity index (χ1) is 8.58. The number of carbonyl (C=O) groups excluding carboxylic acids is 1. The zero-order valence-corrected chi connectivity index (χ0v) is 10.2. The van der Waals surface area contributed by atoms with E-state index in [0.29, 0.717) is 12.5 Å². The van der Waals surface area contributed by atoms with Crippen molar-refractivity contribution < 1.29 is 14.7 Å². The average Bonchev–Trinajstić information content (AvgIpc) is 2.96. The fourth-order valence-electron chi connectivity index (χ4n) is 1.80. The van der Waals surface area contributed by atoms with E-state index in [9.17, 15) is 9.59 Å². The maximum absolute atomic E-state index is 12.2. The molecule has 0 spiro atoms. The van der Waals surface area contributed by atoms with Gasteiger partial charge in [0.1, 0.15) is 25.2 Å². The Labute approximate surface area is 104 Å². The van der Waals surface area contributed by atoms with Gasteiger partial charge in [-0.3, -0.25) is 9.59 Å². The number of rotatable bonds is 6. The number of amides is 1. The minimum atomic E-state index is -0.991. The van der Waals surface area contributed by atoms with Crippen LogP contribution in [0, 0.1) is 5.92 Å². The van der Waals surface area contributed by atoms with E-state index in [4.69, 9.17) is 5.11 Å². The van der Waals surface area contributed by atoms with Gasteiger partial charge in [-0.25, -0.2) is 9.67 Å². The smallest absolute Gasteiger partial charge is 0.323 e. The van der Waals surface area contributed by atoms with Gasteiger partial charge in [-0.05, 0) is 25.7 Å². The van der Waals surface area contributed by atoms with Crippen LogP contribution in [0.5, 0.6) is 0 Å². The molecule has 1 amide bonds. The highest BCUT2D eigenvalue weighted by Gasteiger charge is 2.30. The summed E-state index contributed by atoms with van der Waals surface area (Å²) in [6.45, 7) is 1.96. The summed E-state index contributed by atoms with van der Waals surface area (Å²) in [5.74, 6) is -0.763. The van der Waals surface area contributed by atoms with Crippen LogP contribution in [0.3, 0.4) is 0 Å². The molecule has 2 rings (SSSR count). The fourth-order valence-corrected chi connectivity index (χ4v) is 1.80. The molecule has 1 aromatic rings. The monoisotopic (exact) mass is 252 g/mol. The molecule has 1 aliphatic carbocycles. The molecule has 0 aliphatic heterocycles. The normalized spacial score (nSPS) is 16.3. The molecule has 1 N–H and O–H groups in total. The van der Waals surface area contributed by atoms with Crippen molar-refractivity contribution in [3.8, 4) is 0 Å². The Morgan fingerprint density at radius 3 is 2.78 bits per heavy atom. The highest BCUT2D eigenvalue weighted by Crippen LogP contribution is 2.30. The van der Waals surface area contributed by atoms with Gasteiger partial charge in [0, 0.05) is 6.54 Å². The van der Waals surface area contributed by atoms with Crippen LogP contribution >= 0.6 is 0 Å². The van der Waals surface area contributed by atoms with Gasteiger partial charge in [0.2, 0.25) is 5.91 Å². The molecule has 1 saturated carbocycles. The number of aliphatic carboxylic acids is 1. The van der Waals surface area contributed by atoms with Gasteiger partial charge < -0.3 is 10.0 Å². The minimum absolute atomic E-state index is 0.227. The third kappa shape index (κ3) is 3.06. The molecule has 1 aliphatic rings. The van der Waals surface area contributed by atoms with E-state index >= 15 is 0 Å². The molecular weight excluding hydrogens is 236 g/mol. The second-order valence-corrected chi connectivity index (χ2v) is 4.61. The molecule has 1 heterocycles. The maximum Gasteiger partial charge on any atom is 0.323 e. The average molecular weight is 252 g/mol. The molecule has 1 fully saturated rings. The van der Waals surface area contributed by atoms with Gasteiger partial charge in [0.05, 0.1) is 0 Å². The Balaban J connectivity index is 2.03. The van der Waals surface area contributed by atoms with Crippen LogP contribution in [0.4, 0.5) is 0 Å². The maximum atomic E-state index is 12.2. The molecule has 1 aromatic heterocycles. The molecule has 18 heavy (non-hydrogen) atoms. The van der Waals surface area contributed by atoms with Crippen LogP contribution < -0.4 is 0 Å². The lowest BCUT2D eigenvalue weighted by Crippen LogP contribution is -2.41. The van der Waals surface area contributed by atoms with Gasteiger partial charge in [-0.2, -0.15) is 5.10 Å². The van der Waals surface area contributed by atoms with Crippen LogP contribution in [0.25, 0.3) is 0 Å². The number of carboxylic acids is 1. The summed E-state index contributed by atoms with van der Waals surface area (Å²) in [6.07, 6.45) is 4.95. The van der Waals surface area contributed by atoms with Crippen LogP contribution in [0.15, 0.2) is 12.7 Å². The van der Waals surface area contributed by atoms with E-state index in [1.165, 1.54) is 22.2 Å². The van der Waals surface area contributed by atoms with E-state index in [0.717, 1.165) is 12.8 Å². The Kier molecular flexibility index (Phi) is 3.59. The Bertz CT molecular complexity index is 428. The first-order valence-corrected chi connectivity index (χ1v) is 5.92. The molecule has 7 nitrogen and oxygen atoms in total. The van der Waals surface area contributed by atoms with Crippen molar-refractivity contribution in [2.45, 2.75) is 25.8 Å². The Morgan fingerprint density at radius 1 is 1.56 bits per heavy atom. The van der Waals surface area contributed by atoms with Crippen molar-refractivity contribution in [3.63, 3.8) is 0 Å². The molecule has 0 aromatic carbocycles. The highest BCUT2D eigenvalue weighted by atomic mass is 16.4. The summed E-state index contributed by atoms with van der Waals surface area (Å²) in [4.78, 5) is 28.2. The van der Waals surface area contributed by atoms with Crippen LogP contribution in [0.2, 0.25) is 0 Å². The summed E-state index contributed by atoms with van der Waals surface area (Å²) < 4.78 is 1.43. The predicted octanol–water partition coefficient (Wildman–Crippen LogP) is 0.162. The van der Waals surface area contributed by atoms with Crippen molar-refractivity contribution in [1.82, 2.24) is 19.7 Å². The summed E-state index contributed by atoms with van der Waals surface area (Å²) in [5, 5.41) is 12.8. The lowest BCUT2D eigenvalue weighted by atomic mass is 10.2. The summed E-state index contributed by atoms with van der Waals surface area (Å²) >= 11 is 0. The summed E-state index contributed by atoms with van der Waals surface area (Å²) in [6, 6.07) is -0.523. The highest BCUT2D eigenvalue weighted by molar-refractivity contribution is 5.83. The van der Waals surface area contributed by atoms with Gasteiger partial charge in [-0.15, -0.1) is 0 Å². The number of carboxylic acid groups (broad SMARTS) is 1. The number of aromatic nitrogens is 3. The van der Waals surface area contributed by atoms with E-state index < -0.39 is 12.0 Å². The first kappa shape index (κ1) is 12.5. The molecule has 0 bridgehead atoms. The molecule has 0 saturated heterocycles. The number of hydrogen-bond donors (Lipinski definition) is 1. The van der Waals surface area contributed by atoms with Gasteiger partial charge in [0.25, 0.3) is 0 Å². The molecule has 1 atom stereocenters. The first-order valence-electron chi connectivity index (χ1n) is 5.92. The van der Waals surface area contributed by atoms with Crippen molar-refractivity contribution in [2.75, 3.05) is 13.1 Å². The lowest BCUT2D eigenvalue weighted by Gasteiger charge is -2.24. The largest absolute Gasteiger partial charge is 0.480 e. The molecule has 1 unspecified atom stereocenters. The summed E-state index contributed by atoms with van der Waals surface area (Å²) in [5.41, 5.74) is 0. The van der Waals surface area contributed by atoms with Crippen LogP contribution in [-0.2, 0) is 9.59 Å². The topological polar surface area (TPSA) is 88.3 Å². The number of carbonyl (C=O) groups is 2. The van der Waals surface area contributed by atoms with Gasteiger partial charge in [-0.1, -0.05) is 0 Å². The van der Waals surface area contributed by atoms with E-state index in [-0.39, 0.29) is 12.5 Å². The van der Waals surface area contributed by atoms with E-state index in [1.54, 1.807) is 6.92 Å². The Morgan fingerprint density at radius 2 is 2.28 bits per heavy atom. The standard InChI is InChI=1S/C11H16N4O3/c1-8(15-7-12-6-13-15)11(18)14(5-10(16)17)4-9-2-3-9/h6-9H,2-5H2,1H3,(H,16,17). The van der Waals surface area contributed by atoms with Gasteiger partial charge >= 0.3 is 5.97 Å². The second kappa shape index (κ2) is 5.16. The van der Waals surface area contributed by atoms with Crippen molar-refractivity contribution in [2.24, 2.45) is 5.92 Å². The van der Waals surface area contributed by atoms with Crippen molar-refractivity contribution in [3.05, 3.63) is 12.7 Å². The van der Waals surface area contributed by atoms with Crippen LogP contribution in [-0.4, -0.2) is 49.7 Å². The predicted molar refractivity (Wildman–Crippen MR) is 61.7 cm³/mol. The van der Waals surface area contributed by atoms with Crippen molar-refractivity contribution in [1.29, 1.82) is 0 Å². The molecule has 98 valence electrons. The third-order valence-corrected chi connectivity index (χ3v) is 3.00. The fraction of sp³-hybridized carbons (Fsp3) is 0.636. The van der Waals surface area contributed by atoms with Gasteiger partial charge in [0.15, 0.2) is 0 Å². The third-order valence-electron chi connectivity index (χ3n) is 3.00. The number of nitrogens with zero attached hydrogens (tertiary/aromatic N) is 4. The molecule has 0 radical (unpaired) electrons. The quantitative estimate of drug-likeness (QED) is 0.779. The lowest BCUT2D eigenvalue weighted by molar-refractivity contribution is -0.146. The van der Waals surface area contributed by atoms with E-state index in [2.05, 4.69) is 10.1 Å². The molecule has 7 heteroatoms. The second-order valence-electron chi connectivity index (χ2n) is 4.61. The summed E-state index contributed by atoms with van der Waals surface area (Å²) in [7, 11) is 0. The van der Waals surface area contributed by atoms with Crippen LogP contribution in [0.1, 0.15) is 25.8 Å². The minimum Gasteiger partial charge on any atom is -0.480 e. The zero-order valence-electron chi connectivity index (χ0n) is 10.2. The van der Waals surface area contributed by atoms with Crippen molar-refractivity contribution >= 4 is 11.9 Å².